The Hall–Kier alpha value is -4.28. The van der Waals surface area contributed by atoms with Crippen LogP contribution in [-0.4, -0.2) is 45.0 Å². The summed E-state index contributed by atoms with van der Waals surface area (Å²) in [5.41, 5.74) is 8.65. The Labute approximate surface area is 176 Å². The van der Waals surface area contributed by atoms with Gasteiger partial charge in [0, 0.05) is 18.0 Å². The number of hydrogen-bond acceptors (Lipinski definition) is 7. The van der Waals surface area contributed by atoms with Crippen molar-refractivity contribution < 1.29 is 4.79 Å². The van der Waals surface area contributed by atoms with Gasteiger partial charge in [0.1, 0.15) is 12.4 Å². The molecule has 156 valence electrons. The van der Waals surface area contributed by atoms with Crippen LogP contribution in [0, 0.1) is 6.92 Å². The summed E-state index contributed by atoms with van der Waals surface area (Å²) in [6.45, 7) is 4.51. The van der Waals surface area contributed by atoms with Crippen LogP contribution in [0.15, 0.2) is 42.9 Å². The molecule has 4 heterocycles. The molecule has 5 aromatic rings. The lowest BCUT2D eigenvalue weighted by Gasteiger charge is -2.09. The van der Waals surface area contributed by atoms with Gasteiger partial charge in [-0.2, -0.15) is 20.2 Å². The van der Waals surface area contributed by atoms with Crippen LogP contribution < -0.4 is 11.1 Å². The van der Waals surface area contributed by atoms with Crippen molar-refractivity contribution in [3.63, 3.8) is 0 Å². The second kappa shape index (κ2) is 7.20. The molecule has 0 aliphatic heterocycles. The van der Waals surface area contributed by atoms with Crippen LogP contribution in [-0.2, 0) is 17.9 Å². The van der Waals surface area contributed by atoms with Crippen LogP contribution >= 0.6 is 0 Å². The molecule has 0 radical (unpaired) electrons. The normalized spacial score (nSPS) is 11.4. The first-order chi connectivity index (χ1) is 15.0. The Balaban J connectivity index is 1.51. The van der Waals surface area contributed by atoms with Gasteiger partial charge >= 0.3 is 0 Å². The van der Waals surface area contributed by atoms with Crippen molar-refractivity contribution in [2.45, 2.75) is 26.9 Å². The summed E-state index contributed by atoms with van der Waals surface area (Å²) in [7, 11) is 0. The van der Waals surface area contributed by atoms with E-state index < -0.39 is 0 Å². The van der Waals surface area contributed by atoms with Gasteiger partial charge in [-0.15, -0.1) is 0 Å². The van der Waals surface area contributed by atoms with Crippen molar-refractivity contribution in [2.24, 2.45) is 0 Å². The number of nitrogens with two attached hydrogens (primary N) is 1. The van der Waals surface area contributed by atoms with E-state index in [1.165, 1.54) is 0 Å². The molecule has 11 heteroatoms. The molecule has 0 bridgehead atoms. The fourth-order valence-electron chi connectivity index (χ4n) is 3.57. The number of anilines is 2. The van der Waals surface area contributed by atoms with Crippen LogP contribution in [0.2, 0.25) is 0 Å². The minimum absolute atomic E-state index is 0.0141. The minimum atomic E-state index is -0.225. The summed E-state index contributed by atoms with van der Waals surface area (Å²) in [5.74, 6) is 0.955. The maximum Gasteiger partial charge on any atom is 0.245 e. The first-order valence-corrected chi connectivity index (χ1v) is 9.79. The molecule has 0 spiro atoms. The van der Waals surface area contributed by atoms with Gasteiger partial charge in [0.25, 0.3) is 0 Å². The van der Waals surface area contributed by atoms with Gasteiger partial charge in [-0.3, -0.25) is 4.79 Å². The van der Waals surface area contributed by atoms with E-state index in [0.29, 0.717) is 29.3 Å². The van der Waals surface area contributed by atoms with Gasteiger partial charge in [-0.25, -0.2) is 14.3 Å². The number of para-hydroxylation sites is 1. The van der Waals surface area contributed by atoms with Gasteiger partial charge in [0.15, 0.2) is 17.0 Å². The number of carbonyl (C=O) groups excluding carboxylic acids is 1. The molecule has 0 atom stereocenters. The maximum absolute atomic E-state index is 12.7. The number of nitrogen functional groups attached to an aromatic ring is 1. The summed E-state index contributed by atoms with van der Waals surface area (Å²) in [5, 5.41) is 12.6. The Morgan fingerprint density at radius 1 is 1.23 bits per heavy atom. The fourth-order valence-corrected chi connectivity index (χ4v) is 3.57. The van der Waals surface area contributed by atoms with Gasteiger partial charge in [0.05, 0.1) is 23.7 Å². The number of aryl methyl sites for hydroxylation is 2. The monoisotopic (exact) mass is 416 g/mol. The molecule has 0 saturated heterocycles. The van der Waals surface area contributed by atoms with Crippen molar-refractivity contribution in [1.82, 2.24) is 39.1 Å². The summed E-state index contributed by atoms with van der Waals surface area (Å²) >= 11 is 0. The zero-order chi connectivity index (χ0) is 21.5. The second-order valence-electron chi connectivity index (χ2n) is 7.10. The number of carbonyl (C=O) groups is 1. The molecule has 0 fully saturated rings. The first-order valence-electron chi connectivity index (χ1n) is 9.79. The number of benzene rings is 1. The zero-order valence-electron chi connectivity index (χ0n) is 17.0. The predicted molar refractivity (Wildman–Crippen MR) is 116 cm³/mol. The van der Waals surface area contributed by atoms with E-state index in [-0.39, 0.29) is 18.4 Å². The molecule has 0 unspecified atom stereocenters. The number of hydrogen-bond donors (Lipinski definition) is 2. The molecule has 5 rings (SSSR count). The van der Waals surface area contributed by atoms with Gasteiger partial charge in [-0.05, 0) is 19.9 Å². The summed E-state index contributed by atoms with van der Waals surface area (Å²) in [6, 6.07) is 9.60. The van der Waals surface area contributed by atoms with E-state index in [0.717, 1.165) is 16.6 Å². The minimum Gasteiger partial charge on any atom is -0.368 e. The molecule has 11 nitrogen and oxygen atoms in total. The number of imidazole rings is 1. The molecular weight excluding hydrogens is 396 g/mol. The number of fused-ring (bicyclic) bond motifs is 2. The Kier molecular flexibility index (Phi) is 4.35. The van der Waals surface area contributed by atoms with Crippen LogP contribution in [0.1, 0.15) is 12.6 Å². The average Bonchev–Trinajstić information content (AvgIpc) is 3.44. The second-order valence-corrected chi connectivity index (χ2v) is 7.10. The molecule has 0 saturated carbocycles. The molecule has 1 amide bonds. The third-order valence-corrected chi connectivity index (χ3v) is 4.92. The number of nitrogens with one attached hydrogen (secondary N) is 1. The van der Waals surface area contributed by atoms with E-state index >= 15 is 0 Å². The highest BCUT2D eigenvalue weighted by atomic mass is 16.2. The topological polar surface area (TPSA) is 134 Å². The summed E-state index contributed by atoms with van der Waals surface area (Å²) in [4.78, 5) is 25.8. The number of aromatic nitrogens is 8. The van der Waals surface area contributed by atoms with E-state index in [1.807, 2.05) is 44.2 Å². The van der Waals surface area contributed by atoms with E-state index in [1.54, 1.807) is 26.5 Å². The zero-order valence-corrected chi connectivity index (χ0v) is 17.0. The fraction of sp³-hybridized carbons (Fsp3) is 0.200. The lowest BCUT2D eigenvalue weighted by Crippen LogP contribution is -2.20. The highest BCUT2D eigenvalue weighted by Crippen LogP contribution is 2.23. The van der Waals surface area contributed by atoms with Crippen LogP contribution in [0.4, 0.5) is 11.8 Å². The van der Waals surface area contributed by atoms with Gasteiger partial charge < -0.3 is 15.6 Å². The van der Waals surface area contributed by atoms with Crippen molar-refractivity contribution >= 4 is 39.7 Å². The van der Waals surface area contributed by atoms with Gasteiger partial charge in [-0.1, -0.05) is 18.2 Å². The van der Waals surface area contributed by atoms with Crippen LogP contribution in [0.5, 0.6) is 0 Å². The quantitative estimate of drug-likeness (QED) is 0.447. The van der Waals surface area contributed by atoms with Crippen molar-refractivity contribution in [2.75, 3.05) is 11.1 Å². The number of rotatable bonds is 5. The lowest BCUT2D eigenvalue weighted by molar-refractivity contribution is -0.116. The van der Waals surface area contributed by atoms with Crippen LogP contribution in [0.3, 0.4) is 0 Å². The maximum atomic E-state index is 12.7. The molecule has 3 N–H and O–H groups in total. The average molecular weight is 416 g/mol. The number of amides is 1. The van der Waals surface area contributed by atoms with E-state index in [2.05, 4.69) is 30.5 Å². The van der Waals surface area contributed by atoms with Crippen molar-refractivity contribution in [1.29, 1.82) is 0 Å². The Morgan fingerprint density at radius 2 is 2.06 bits per heavy atom. The Bertz CT molecular complexity index is 1430. The Morgan fingerprint density at radius 3 is 2.90 bits per heavy atom. The molecule has 31 heavy (non-hydrogen) atoms. The van der Waals surface area contributed by atoms with Crippen molar-refractivity contribution in [3.8, 4) is 5.82 Å². The molecule has 0 aliphatic carbocycles. The molecule has 0 aliphatic rings. The smallest absolute Gasteiger partial charge is 0.245 e. The molecule has 4 aromatic heterocycles. The SMILES string of the molecule is CCn1nc(C)cc1NC(=O)Cn1cnc2c(-n3ncc4ccccc43)nc(N)nc21. The standard InChI is InChI=1S/C20H20N10O/c1-3-29-15(8-12(2)27-29)24-16(31)10-28-11-22-17-18(28)25-20(21)26-19(17)30-14-7-5-4-6-13(14)9-23-30/h4-9,11H,3,10H2,1-2H3,(H,24,31)(H2,21,25,26). The molecule has 1 aromatic carbocycles. The summed E-state index contributed by atoms with van der Waals surface area (Å²) < 4.78 is 5.05. The third-order valence-electron chi connectivity index (χ3n) is 4.92. The molecular formula is C20H20N10O. The first kappa shape index (κ1) is 18.7. The summed E-state index contributed by atoms with van der Waals surface area (Å²) in [6.07, 6.45) is 3.30. The van der Waals surface area contributed by atoms with E-state index in [9.17, 15) is 4.79 Å². The highest BCUT2D eigenvalue weighted by molar-refractivity contribution is 5.91. The highest BCUT2D eigenvalue weighted by Gasteiger charge is 2.18. The largest absolute Gasteiger partial charge is 0.368 e. The van der Waals surface area contributed by atoms with Gasteiger partial charge in [0.2, 0.25) is 11.9 Å². The predicted octanol–water partition coefficient (Wildman–Crippen LogP) is 1.91. The number of nitrogens with zero attached hydrogens (tertiary/aromatic N) is 8. The van der Waals surface area contributed by atoms with Crippen LogP contribution in [0.25, 0.3) is 27.9 Å². The van der Waals surface area contributed by atoms with E-state index in [4.69, 9.17) is 5.73 Å². The third kappa shape index (κ3) is 3.25. The lowest BCUT2D eigenvalue weighted by atomic mass is 10.2. The van der Waals surface area contributed by atoms with Crippen molar-refractivity contribution in [3.05, 3.63) is 48.5 Å².